The summed E-state index contributed by atoms with van der Waals surface area (Å²) in [4.78, 5) is 16.1. The summed E-state index contributed by atoms with van der Waals surface area (Å²) in [6, 6.07) is 2.76. The Labute approximate surface area is 224 Å². The molecule has 0 saturated carbocycles. The van der Waals surface area contributed by atoms with Crippen molar-refractivity contribution in [3.63, 3.8) is 0 Å². The van der Waals surface area contributed by atoms with E-state index in [0.29, 0.717) is 19.0 Å². The molecule has 5 aliphatic rings. The number of piperidine rings is 1. The summed E-state index contributed by atoms with van der Waals surface area (Å²) in [6.07, 6.45) is 15.5. The highest BCUT2D eigenvalue weighted by molar-refractivity contribution is 8.07. The molecule has 37 heavy (non-hydrogen) atoms. The Balaban J connectivity index is 1.14. The number of allylic oxidation sites excluding steroid dienone is 3. The van der Waals surface area contributed by atoms with Gasteiger partial charge in [-0.05, 0) is 54.8 Å². The summed E-state index contributed by atoms with van der Waals surface area (Å²) in [6.45, 7) is 5.03. The lowest BCUT2D eigenvalue weighted by molar-refractivity contribution is -0.117. The largest absolute Gasteiger partial charge is 0.385 e. The third-order valence-corrected chi connectivity index (χ3v) is 8.43. The molecular formula is C29H36N4O3S. The van der Waals surface area contributed by atoms with Gasteiger partial charge in [0.25, 0.3) is 0 Å². The number of nitrogens with zero attached hydrogens (tertiary/aromatic N) is 1. The van der Waals surface area contributed by atoms with Crippen molar-refractivity contribution in [2.45, 2.75) is 43.8 Å². The molecule has 0 bridgehead atoms. The van der Waals surface area contributed by atoms with Gasteiger partial charge >= 0.3 is 0 Å². The number of amides is 1. The molecule has 0 aromatic rings. The molecule has 0 aromatic carbocycles. The molecule has 4 aliphatic heterocycles. The van der Waals surface area contributed by atoms with E-state index >= 15 is 0 Å². The fraction of sp³-hybridized carbons (Fsp3) is 0.552. The molecule has 0 aromatic heterocycles. The van der Waals surface area contributed by atoms with Gasteiger partial charge in [0.1, 0.15) is 0 Å². The zero-order chi connectivity index (χ0) is 25.5. The number of thioether (sulfide) groups is 1. The van der Waals surface area contributed by atoms with Crippen LogP contribution in [0.1, 0.15) is 32.1 Å². The van der Waals surface area contributed by atoms with E-state index in [1.807, 2.05) is 18.4 Å². The molecule has 1 amide bonds. The molecule has 3 unspecified atom stereocenters. The predicted molar refractivity (Wildman–Crippen MR) is 147 cm³/mol. The Hall–Kier alpha value is -2.62. The second-order valence-electron chi connectivity index (χ2n) is 10.2. The summed E-state index contributed by atoms with van der Waals surface area (Å²) >= 11 is 1.43. The Kier molecular flexibility index (Phi) is 8.63. The van der Waals surface area contributed by atoms with E-state index in [1.165, 1.54) is 11.8 Å². The average molecular weight is 521 g/mol. The first kappa shape index (κ1) is 26.0. The van der Waals surface area contributed by atoms with Gasteiger partial charge in [-0.15, -0.1) is 0 Å². The van der Waals surface area contributed by atoms with E-state index in [4.69, 9.17) is 9.47 Å². The molecule has 5 rings (SSSR count). The first-order chi connectivity index (χ1) is 18.1. The lowest BCUT2D eigenvalue weighted by atomic mass is 9.81. The van der Waals surface area contributed by atoms with Crippen LogP contribution in [0.3, 0.4) is 0 Å². The van der Waals surface area contributed by atoms with Crippen LogP contribution >= 0.6 is 11.8 Å². The second kappa shape index (κ2) is 12.3. The molecule has 1 saturated heterocycles. The van der Waals surface area contributed by atoms with Gasteiger partial charge in [0, 0.05) is 80.7 Å². The molecule has 3 atom stereocenters. The van der Waals surface area contributed by atoms with E-state index in [9.17, 15) is 4.79 Å². The highest BCUT2D eigenvalue weighted by Crippen LogP contribution is 2.39. The highest BCUT2D eigenvalue weighted by Gasteiger charge is 2.41. The lowest BCUT2D eigenvalue weighted by Crippen LogP contribution is -2.49. The number of fused-ring (bicyclic) bond motifs is 1. The monoisotopic (exact) mass is 520 g/mol. The van der Waals surface area contributed by atoms with Gasteiger partial charge in [-0.3, -0.25) is 4.79 Å². The van der Waals surface area contributed by atoms with Crippen LogP contribution in [0.2, 0.25) is 0 Å². The van der Waals surface area contributed by atoms with Gasteiger partial charge in [-0.2, -0.15) is 0 Å². The van der Waals surface area contributed by atoms with Crippen LogP contribution in [-0.4, -0.2) is 69.0 Å². The van der Waals surface area contributed by atoms with Crippen LogP contribution in [0, 0.1) is 35.0 Å². The zero-order valence-electron chi connectivity index (χ0n) is 21.5. The van der Waals surface area contributed by atoms with Gasteiger partial charge < -0.3 is 30.3 Å². The summed E-state index contributed by atoms with van der Waals surface area (Å²) < 4.78 is 12.0. The second-order valence-corrected chi connectivity index (χ2v) is 11.1. The van der Waals surface area contributed by atoms with Gasteiger partial charge in [0.15, 0.2) is 0 Å². The Morgan fingerprint density at radius 1 is 1.35 bits per heavy atom. The minimum Gasteiger partial charge on any atom is -0.385 e. The molecular weight excluding hydrogens is 484 g/mol. The number of hydrogen-bond acceptors (Lipinski definition) is 7. The summed E-state index contributed by atoms with van der Waals surface area (Å²) in [7, 11) is 1.77. The number of ether oxygens (including phenoxy) is 2. The van der Waals surface area contributed by atoms with Gasteiger partial charge in [0.05, 0.1) is 24.2 Å². The number of dihydropyridines is 1. The normalized spacial score (nSPS) is 27.9. The van der Waals surface area contributed by atoms with Crippen molar-refractivity contribution in [2.24, 2.45) is 11.8 Å². The van der Waals surface area contributed by atoms with E-state index in [-0.39, 0.29) is 23.5 Å². The number of likely N-dealkylation sites (tertiary alicyclic amines) is 1. The maximum absolute atomic E-state index is 12.6. The number of nitrogens with one attached hydrogen (secondary N) is 3. The van der Waals surface area contributed by atoms with Crippen LogP contribution in [0.4, 0.5) is 0 Å². The third kappa shape index (κ3) is 6.64. The highest BCUT2D eigenvalue weighted by atomic mass is 32.2. The fourth-order valence-electron chi connectivity index (χ4n) is 5.50. The first-order valence-corrected chi connectivity index (χ1v) is 14.1. The summed E-state index contributed by atoms with van der Waals surface area (Å²) in [5.41, 5.74) is 1.68. The maximum atomic E-state index is 12.6. The number of carbonyl (C=O) groups is 1. The minimum atomic E-state index is -0.136. The van der Waals surface area contributed by atoms with Crippen molar-refractivity contribution < 1.29 is 14.3 Å². The smallest absolute Gasteiger partial charge is 0.249 e. The van der Waals surface area contributed by atoms with Crippen molar-refractivity contribution >= 4 is 17.7 Å². The van der Waals surface area contributed by atoms with Crippen LogP contribution in [-0.2, 0) is 14.3 Å². The number of hydrogen-bond donors (Lipinski definition) is 3. The van der Waals surface area contributed by atoms with Crippen molar-refractivity contribution in [1.82, 2.24) is 20.9 Å². The van der Waals surface area contributed by atoms with Gasteiger partial charge in [-0.1, -0.05) is 24.0 Å². The Morgan fingerprint density at radius 2 is 2.24 bits per heavy atom. The van der Waals surface area contributed by atoms with Crippen molar-refractivity contribution in [1.29, 1.82) is 0 Å². The van der Waals surface area contributed by atoms with E-state index in [2.05, 4.69) is 56.1 Å². The van der Waals surface area contributed by atoms with E-state index in [0.717, 1.165) is 74.5 Å². The summed E-state index contributed by atoms with van der Waals surface area (Å²) in [5, 5.41) is 12.2. The number of carbonyl (C=O) groups excluding carboxylic acids is 1. The van der Waals surface area contributed by atoms with E-state index < -0.39 is 0 Å². The SMILES string of the molecule is COCCCN1CCC2(C=CC3CC(C4=CC=C(C(=O)NCC5=CNC#CS5)CN4)C#CCC3O2)CC1. The van der Waals surface area contributed by atoms with Crippen molar-refractivity contribution in [3.05, 3.63) is 46.7 Å². The Morgan fingerprint density at radius 3 is 3.00 bits per heavy atom. The van der Waals surface area contributed by atoms with Crippen LogP contribution in [0.15, 0.2) is 46.7 Å². The number of methoxy groups -OCH3 is 1. The van der Waals surface area contributed by atoms with Crippen LogP contribution in [0.25, 0.3) is 0 Å². The molecule has 4 heterocycles. The van der Waals surface area contributed by atoms with Crippen LogP contribution < -0.4 is 16.0 Å². The molecule has 1 spiro atoms. The molecule has 7 nitrogen and oxygen atoms in total. The predicted octanol–water partition coefficient (Wildman–Crippen LogP) is 2.47. The van der Waals surface area contributed by atoms with Gasteiger partial charge in [-0.25, -0.2) is 0 Å². The molecule has 1 aliphatic carbocycles. The fourth-order valence-corrected chi connectivity index (χ4v) is 6.00. The minimum absolute atomic E-state index is 0.0616. The maximum Gasteiger partial charge on any atom is 0.249 e. The average Bonchev–Trinajstić information content (AvgIpc) is 3.16. The molecule has 1 fully saturated rings. The zero-order valence-corrected chi connectivity index (χ0v) is 22.3. The Bertz CT molecular complexity index is 1110. The summed E-state index contributed by atoms with van der Waals surface area (Å²) in [5.74, 6) is 7.28. The third-order valence-electron chi connectivity index (χ3n) is 7.70. The molecule has 0 radical (unpaired) electrons. The van der Waals surface area contributed by atoms with Crippen molar-refractivity contribution in [3.8, 4) is 23.1 Å². The quantitative estimate of drug-likeness (QED) is 0.258. The topological polar surface area (TPSA) is 74.9 Å². The standard InChI is InChI=1S/C29H36N4O3S/c1-35-16-3-13-33-14-10-29(11-15-33)9-8-23-18-22(4-2-5-27(23)36-29)26-7-6-24(19-31-26)28(34)32-21-25-20-30-12-17-37-25/h6-9,20,22-23,27,30-31H,3,5,10-11,13-16,18-19,21H2,1H3,(H,32,34). The van der Waals surface area contributed by atoms with Gasteiger partial charge in [0.2, 0.25) is 5.91 Å². The molecule has 3 N–H and O–H groups in total. The molecule has 8 heteroatoms. The number of rotatable bonds is 8. The van der Waals surface area contributed by atoms with E-state index in [1.54, 1.807) is 7.11 Å². The lowest BCUT2D eigenvalue weighted by Gasteiger charge is -2.45. The molecule has 196 valence electrons. The van der Waals surface area contributed by atoms with Crippen molar-refractivity contribution in [2.75, 3.05) is 46.4 Å². The van der Waals surface area contributed by atoms with Crippen LogP contribution in [0.5, 0.6) is 0 Å². The first-order valence-electron chi connectivity index (χ1n) is 13.3.